The molecule has 0 atom stereocenters. The second-order valence-corrected chi connectivity index (χ2v) is 7.58. The van der Waals surface area contributed by atoms with Gasteiger partial charge in [-0.2, -0.15) is 0 Å². The van der Waals surface area contributed by atoms with E-state index in [0.717, 1.165) is 33.9 Å². The average Bonchev–Trinajstić information content (AvgIpc) is 2.67. The van der Waals surface area contributed by atoms with E-state index in [1.807, 2.05) is 18.2 Å². The highest BCUT2D eigenvalue weighted by atomic mass is 14.9. The predicted molar refractivity (Wildman–Crippen MR) is 117 cm³/mol. The summed E-state index contributed by atoms with van der Waals surface area (Å²) in [4.78, 5) is 9.83. The van der Waals surface area contributed by atoms with Gasteiger partial charge in [-0.3, -0.25) is 0 Å². The van der Waals surface area contributed by atoms with E-state index in [1.165, 1.54) is 22.3 Å². The quantitative estimate of drug-likeness (QED) is 0.404. The van der Waals surface area contributed by atoms with Crippen LogP contribution < -0.4 is 0 Å². The lowest BCUT2D eigenvalue weighted by Gasteiger charge is -2.11. The first-order valence-electron chi connectivity index (χ1n) is 9.60. The van der Waals surface area contributed by atoms with E-state index in [0.29, 0.717) is 0 Å². The van der Waals surface area contributed by atoms with Crippen molar-refractivity contribution in [2.75, 3.05) is 0 Å². The summed E-state index contributed by atoms with van der Waals surface area (Å²) in [5, 5.41) is 0. The van der Waals surface area contributed by atoms with E-state index in [9.17, 15) is 0 Å². The molecule has 0 saturated heterocycles. The van der Waals surface area contributed by atoms with Gasteiger partial charge in [0, 0.05) is 16.7 Å². The van der Waals surface area contributed by atoms with E-state index in [4.69, 9.17) is 9.97 Å². The Morgan fingerprint density at radius 1 is 0.464 bits per heavy atom. The Kier molecular flexibility index (Phi) is 4.79. The van der Waals surface area contributed by atoms with Crippen molar-refractivity contribution in [3.8, 4) is 33.9 Å². The van der Waals surface area contributed by atoms with Gasteiger partial charge in [0.15, 0.2) is 5.82 Å². The summed E-state index contributed by atoms with van der Waals surface area (Å²) in [6.07, 6.45) is 0. The Balaban J connectivity index is 1.95. The largest absolute Gasteiger partial charge is 0.228 e. The molecule has 2 heteroatoms. The minimum Gasteiger partial charge on any atom is -0.228 e. The molecule has 0 aliphatic heterocycles. The maximum Gasteiger partial charge on any atom is 0.160 e. The molecule has 0 radical (unpaired) electrons. The van der Waals surface area contributed by atoms with Crippen LogP contribution in [-0.2, 0) is 0 Å². The summed E-state index contributed by atoms with van der Waals surface area (Å²) in [5.41, 5.74) is 10.1. The fourth-order valence-corrected chi connectivity index (χ4v) is 3.70. The highest BCUT2D eigenvalue weighted by Crippen LogP contribution is 2.29. The van der Waals surface area contributed by atoms with Crippen molar-refractivity contribution in [1.29, 1.82) is 0 Å². The second-order valence-electron chi connectivity index (χ2n) is 7.58. The average molecular weight is 364 g/mol. The predicted octanol–water partition coefficient (Wildman–Crippen LogP) is 6.71. The standard InChI is InChI=1S/C26H24N2/c1-17-10-18(2)13-22(12-17)24-16-25(23-14-19(3)11-20(4)15-23)28-26(27-24)21-8-6-5-7-9-21/h5-16H,1-4H3. The summed E-state index contributed by atoms with van der Waals surface area (Å²) in [5.74, 6) is 0.756. The van der Waals surface area contributed by atoms with Gasteiger partial charge in [0.2, 0.25) is 0 Å². The lowest BCUT2D eigenvalue weighted by molar-refractivity contribution is 1.18. The number of benzene rings is 3. The Hall–Kier alpha value is -3.26. The van der Waals surface area contributed by atoms with Crippen LogP contribution in [0.2, 0.25) is 0 Å². The summed E-state index contributed by atoms with van der Waals surface area (Å²) in [6, 6.07) is 25.4. The van der Waals surface area contributed by atoms with E-state index < -0.39 is 0 Å². The first-order valence-corrected chi connectivity index (χ1v) is 9.60. The SMILES string of the molecule is Cc1cc(C)cc(-c2cc(-c3cc(C)cc(C)c3)nc(-c3ccccc3)n2)c1. The third-order valence-corrected chi connectivity index (χ3v) is 4.79. The molecule has 0 aliphatic rings. The molecule has 2 nitrogen and oxygen atoms in total. The normalized spacial score (nSPS) is 10.9. The molecule has 138 valence electrons. The van der Waals surface area contributed by atoms with Crippen molar-refractivity contribution in [3.63, 3.8) is 0 Å². The Morgan fingerprint density at radius 3 is 1.32 bits per heavy atom. The highest BCUT2D eigenvalue weighted by molar-refractivity contribution is 5.72. The van der Waals surface area contributed by atoms with Gasteiger partial charge in [-0.05, 0) is 58.0 Å². The Bertz CT molecular complexity index is 1030. The molecule has 0 aliphatic carbocycles. The minimum absolute atomic E-state index is 0.756. The van der Waals surface area contributed by atoms with Gasteiger partial charge in [-0.25, -0.2) is 9.97 Å². The van der Waals surface area contributed by atoms with Crippen molar-refractivity contribution in [3.05, 3.63) is 95.1 Å². The third-order valence-electron chi connectivity index (χ3n) is 4.79. The monoisotopic (exact) mass is 364 g/mol. The molecule has 0 bridgehead atoms. The zero-order chi connectivity index (χ0) is 19.7. The van der Waals surface area contributed by atoms with Crippen LogP contribution in [0.1, 0.15) is 22.3 Å². The molecule has 0 saturated carbocycles. The summed E-state index contributed by atoms with van der Waals surface area (Å²) in [6.45, 7) is 8.50. The van der Waals surface area contributed by atoms with Crippen LogP contribution >= 0.6 is 0 Å². The molecule has 0 amide bonds. The second kappa shape index (κ2) is 7.40. The molecule has 0 spiro atoms. The van der Waals surface area contributed by atoms with Gasteiger partial charge in [0.25, 0.3) is 0 Å². The maximum absolute atomic E-state index is 4.92. The summed E-state index contributed by atoms with van der Waals surface area (Å²) in [7, 11) is 0. The molecule has 0 N–H and O–H groups in total. The number of hydrogen-bond donors (Lipinski definition) is 0. The van der Waals surface area contributed by atoms with E-state index in [-0.39, 0.29) is 0 Å². The van der Waals surface area contributed by atoms with Crippen LogP contribution in [0.4, 0.5) is 0 Å². The molecule has 0 unspecified atom stereocenters. The summed E-state index contributed by atoms with van der Waals surface area (Å²) >= 11 is 0. The topological polar surface area (TPSA) is 25.8 Å². The number of aromatic nitrogens is 2. The minimum atomic E-state index is 0.756. The van der Waals surface area contributed by atoms with Crippen molar-refractivity contribution in [2.24, 2.45) is 0 Å². The van der Waals surface area contributed by atoms with Gasteiger partial charge in [0.05, 0.1) is 11.4 Å². The highest BCUT2D eigenvalue weighted by Gasteiger charge is 2.11. The number of aryl methyl sites for hydroxylation is 4. The maximum atomic E-state index is 4.92. The number of rotatable bonds is 3. The fraction of sp³-hybridized carbons (Fsp3) is 0.154. The van der Waals surface area contributed by atoms with E-state index in [1.54, 1.807) is 0 Å². The Labute approximate surface area is 167 Å². The van der Waals surface area contributed by atoms with Crippen LogP contribution in [0.3, 0.4) is 0 Å². The van der Waals surface area contributed by atoms with Crippen molar-refractivity contribution < 1.29 is 0 Å². The molecule has 1 aromatic heterocycles. The van der Waals surface area contributed by atoms with Crippen molar-refractivity contribution in [1.82, 2.24) is 9.97 Å². The zero-order valence-corrected chi connectivity index (χ0v) is 16.8. The molecular formula is C26H24N2. The van der Waals surface area contributed by atoms with Crippen molar-refractivity contribution >= 4 is 0 Å². The lowest BCUT2D eigenvalue weighted by atomic mass is 10.0. The third kappa shape index (κ3) is 3.86. The van der Waals surface area contributed by atoms with Gasteiger partial charge >= 0.3 is 0 Å². The first kappa shape index (κ1) is 18.1. The zero-order valence-electron chi connectivity index (χ0n) is 16.8. The van der Waals surface area contributed by atoms with Crippen LogP contribution in [0.25, 0.3) is 33.9 Å². The fourth-order valence-electron chi connectivity index (χ4n) is 3.70. The van der Waals surface area contributed by atoms with Gasteiger partial charge < -0.3 is 0 Å². The smallest absolute Gasteiger partial charge is 0.160 e. The first-order chi connectivity index (χ1) is 13.5. The van der Waals surface area contributed by atoms with Crippen LogP contribution in [0.15, 0.2) is 72.8 Å². The molecule has 1 heterocycles. The molecule has 3 aromatic carbocycles. The number of nitrogens with zero attached hydrogens (tertiary/aromatic N) is 2. The van der Waals surface area contributed by atoms with Gasteiger partial charge in [-0.1, -0.05) is 64.7 Å². The van der Waals surface area contributed by atoms with Crippen LogP contribution in [0.5, 0.6) is 0 Å². The van der Waals surface area contributed by atoms with Crippen LogP contribution in [-0.4, -0.2) is 9.97 Å². The Morgan fingerprint density at radius 2 is 0.893 bits per heavy atom. The van der Waals surface area contributed by atoms with Crippen LogP contribution in [0, 0.1) is 27.7 Å². The molecule has 28 heavy (non-hydrogen) atoms. The molecular weight excluding hydrogens is 340 g/mol. The van der Waals surface area contributed by atoms with E-state index in [2.05, 4.69) is 82.3 Å². The van der Waals surface area contributed by atoms with Gasteiger partial charge in [-0.15, -0.1) is 0 Å². The van der Waals surface area contributed by atoms with Crippen molar-refractivity contribution in [2.45, 2.75) is 27.7 Å². The van der Waals surface area contributed by atoms with Gasteiger partial charge in [0.1, 0.15) is 0 Å². The molecule has 0 fully saturated rings. The lowest BCUT2D eigenvalue weighted by Crippen LogP contribution is -1.97. The molecule has 4 rings (SSSR count). The number of hydrogen-bond acceptors (Lipinski definition) is 2. The molecule has 4 aromatic rings. The van der Waals surface area contributed by atoms with E-state index >= 15 is 0 Å². The summed E-state index contributed by atoms with van der Waals surface area (Å²) < 4.78 is 0.